The summed E-state index contributed by atoms with van der Waals surface area (Å²) in [6.07, 6.45) is -0.599. The third-order valence-corrected chi connectivity index (χ3v) is 2.33. The number of nitrogens with one attached hydrogen (secondary N) is 1. The summed E-state index contributed by atoms with van der Waals surface area (Å²) in [5, 5.41) is 13.5. The fourth-order valence-corrected chi connectivity index (χ4v) is 1.58. The molecule has 0 radical (unpaired) electrons. The van der Waals surface area contributed by atoms with Crippen LogP contribution in [0.3, 0.4) is 0 Å². The second-order valence-electron chi connectivity index (χ2n) is 5.18. The molecular formula is C13H18N2O4. The Morgan fingerprint density at radius 2 is 1.95 bits per heavy atom. The van der Waals surface area contributed by atoms with Crippen LogP contribution in [0.5, 0.6) is 0 Å². The third kappa shape index (κ3) is 4.57. The molecule has 1 amide bonds. The number of carbonyl (C=O) groups excluding carboxylic acids is 1. The molecule has 104 valence electrons. The van der Waals surface area contributed by atoms with Crippen LogP contribution in [-0.2, 0) is 4.74 Å². The van der Waals surface area contributed by atoms with Gasteiger partial charge in [0.2, 0.25) is 0 Å². The standard InChI is InChI=1S/C13H18N2O4/c1-9(14-12(16)19-13(2,3)4)10-7-5-6-8-11(10)15(17)18/h5-9H,1-4H3,(H,14,16). The molecule has 6 heteroatoms. The van der Waals surface area contributed by atoms with E-state index in [0.717, 1.165) is 0 Å². The van der Waals surface area contributed by atoms with E-state index in [4.69, 9.17) is 4.74 Å². The Hall–Kier alpha value is -2.11. The van der Waals surface area contributed by atoms with E-state index < -0.39 is 22.7 Å². The monoisotopic (exact) mass is 266 g/mol. The van der Waals surface area contributed by atoms with Gasteiger partial charge in [0, 0.05) is 6.07 Å². The second-order valence-corrected chi connectivity index (χ2v) is 5.18. The van der Waals surface area contributed by atoms with Crippen LogP contribution < -0.4 is 5.32 Å². The highest BCUT2D eigenvalue weighted by molar-refractivity contribution is 5.68. The maximum atomic E-state index is 11.6. The quantitative estimate of drug-likeness (QED) is 0.673. The summed E-state index contributed by atoms with van der Waals surface area (Å²) in [7, 11) is 0. The number of alkyl carbamates (subject to hydrolysis) is 1. The highest BCUT2D eigenvalue weighted by atomic mass is 16.6. The Kier molecular flexibility index (Phi) is 4.47. The van der Waals surface area contributed by atoms with Crippen LogP contribution >= 0.6 is 0 Å². The number of nitro benzene ring substituents is 1. The van der Waals surface area contributed by atoms with Crippen molar-refractivity contribution in [1.82, 2.24) is 5.32 Å². The molecule has 0 heterocycles. The molecule has 0 fully saturated rings. The lowest BCUT2D eigenvalue weighted by molar-refractivity contribution is -0.385. The molecule has 0 aliphatic rings. The maximum absolute atomic E-state index is 11.6. The Labute approximate surface area is 111 Å². The van der Waals surface area contributed by atoms with Crippen molar-refractivity contribution in [1.29, 1.82) is 0 Å². The minimum absolute atomic E-state index is 0.0222. The molecular weight excluding hydrogens is 248 g/mol. The molecule has 6 nitrogen and oxygen atoms in total. The average Bonchev–Trinajstić information content (AvgIpc) is 2.26. The molecule has 0 spiro atoms. The van der Waals surface area contributed by atoms with Crippen molar-refractivity contribution in [3.63, 3.8) is 0 Å². The summed E-state index contributed by atoms with van der Waals surface area (Å²) in [6, 6.07) is 5.79. The predicted octanol–water partition coefficient (Wildman–Crippen LogP) is 3.18. The highest BCUT2D eigenvalue weighted by Gasteiger charge is 2.22. The first-order valence-corrected chi connectivity index (χ1v) is 5.93. The van der Waals surface area contributed by atoms with Crippen LogP contribution in [0, 0.1) is 10.1 Å². The average molecular weight is 266 g/mol. The molecule has 1 aromatic carbocycles. The molecule has 0 aliphatic carbocycles. The zero-order valence-electron chi connectivity index (χ0n) is 11.5. The van der Waals surface area contributed by atoms with E-state index in [2.05, 4.69) is 5.32 Å². The minimum atomic E-state index is -0.605. The van der Waals surface area contributed by atoms with Crippen LogP contribution in [0.15, 0.2) is 24.3 Å². The SMILES string of the molecule is CC(NC(=O)OC(C)(C)C)c1ccccc1[N+](=O)[O-]. The molecule has 0 aliphatic heterocycles. The number of carbonyl (C=O) groups is 1. The molecule has 1 rings (SSSR count). The number of amides is 1. The minimum Gasteiger partial charge on any atom is -0.444 e. The van der Waals surface area contributed by atoms with Gasteiger partial charge in [0.05, 0.1) is 16.5 Å². The van der Waals surface area contributed by atoms with Crippen molar-refractivity contribution in [3.8, 4) is 0 Å². The summed E-state index contributed by atoms with van der Waals surface area (Å²) in [4.78, 5) is 22.1. The van der Waals surface area contributed by atoms with Gasteiger partial charge in [-0.15, -0.1) is 0 Å². The molecule has 1 atom stereocenters. The highest BCUT2D eigenvalue weighted by Crippen LogP contribution is 2.24. The Morgan fingerprint density at radius 1 is 1.37 bits per heavy atom. The summed E-state index contributed by atoms with van der Waals surface area (Å²) in [5.74, 6) is 0. The lowest BCUT2D eigenvalue weighted by Crippen LogP contribution is -2.34. The smallest absolute Gasteiger partial charge is 0.408 e. The maximum Gasteiger partial charge on any atom is 0.408 e. The number of nitro groups is 1. The Balaban J connectivity index is 2.82. The van der Waals surface area contributed by atoms with Gasteiger partial charge >= 0.3 is 6.09 Å². The van der Waals surface area contributed by atoms with Crippen molar-refractivity contribution in [2.45, 2.75) is 39.3 Å². The number of benzene rings is 1. The molecule has 0 aromatic heterocycles. The van der Waals surface area contributed by atoms with E-state index >= 15 is 0 Å². The molecule has 0 bridgehead atoms. The third-order valence-electron chi connectivity index (χ3n) is 2.33. The number of para-hydroxylation sites is 1. The first-order valence-electron chi connectivity index (χ1n) is 5.93. The first kappa shape index (κ1) is 14.9. The Bertz CT molecular complexity index is 480. The normalized spacial score (nSPS) is 12.6. The number of ether oxygens (including phenoxy) is 1. The van der Waals surface area contributed by atoms with Crippen molar-refractivity contribution < 1.29 is 14.5 Å². The predicted molar refractivity (Wildman–Crippen MR) is 70.9 cm³/mol. The van der Waals surface area contributed by atoms with Crippen molar-refractivity contribution in [2.24, 2.45) is 0 Å². The second kappa shape index (κ2) is 5.69. The van der Waals surface area contributed by atoms with Gasteiger partial charge in [-0.2, -0.15) is 0 Å². The fourth-order valence-electron chi connectivity index (χ4n) is 1.58. The summed E-state index contributed by atoms with van der Waals surface area (Å²) < 4.78 is 5.11. The van der Waals surface area contributed by atoms with Crippen molar-refractivity contribution in [2.75, 3.05) is 0 Å². The van der Waals surface area contributed by atoms with E-state index in [0.29, 0.717) is 5.56 Å². The van der Waals surface area contributed by atoms with Crippen LogP contribution in [0.25, 0.3) is 0 Å². The zero-order chi connectivity index (χ0) is 14.6. The van der Waals surface area contributed by atoms with Gasteiger partial charge in [-0.05, 0) is 27.7 Å². The lowest BCUT2D eigenvalue weighted by atomic mass is 10.1. The van der Waals surface area contributed by atoms with Crippen molar-refractivity contribution >= 4 is 11.8 Å². The summed E-state index contributed by atoms with van der Waals surface area (Å²) in [6.45, 7) is 6.93. The molecule has 0 saturated carbocycles. The molecule has 19 heavy (non-hydrogen) atoms. The zero-order valence-corrected chi connectivity index (χ0v) is 11.5. The van der Waals surface area contributed by atoms with Gasteiger partial charge < -0.3 is 10.1 Å². The number of nitrogens with zero attached hydrogens (tertiary/aromatic N) is 1. The molecule has 1 unspecified atom stereocenters. The van der Waals surface area contributed by atoms with Gasteiger partial charge in [-0.25, -0.2) is 4.79 Å². The molecule has 1 aromatic rings. The van der Waals surface area contributed by atoms with Gasteiger partial charge in [0.15, 0.2) is 0 Å². The van der Waals surface area contributed by atoms with E-state index in [9.17, 15) is 14.9 Å². The molecule has 0 saturated heterocycles. The van der Waals surface area contributed by atoms with E-state index in [-0.39, 0.29) is 5.69 Å². The molecule has 1 N–H and O–H groups in total. The Morgan fingerprint density at radius 3 is 2.47 bits per heavy atom. The first-order chi connectivity index (χ1) is 8.70. The lowest BCUT2D eigenvalue weighted by Gasteiger charge is -2.22. The number of hydrogen-bond donors (Lipinski definition) is 1. The number of rotatable bonds is 3. The van der Waals surface area contributed by atoms with Crippen molar-refractivity contribution in [3.05, 3.63) is 39.9 Å². The van der Waals surface area contributed by atoms with Crippen LogP contribution in [0.4, 0.5) is 10.5 Å². The fraction of sp³-hybridized carbons (Fsp3) is 0.462. The van der Waals surface area contributed by atoms with Gasteiger partial charge in [-0.3, -0.25) is 10.1 Å². The number of hydrogen-bond acceptors (Lipinski definition) is 4. The van der Waals surface area contributed by atoms with E-state index in [1.807, 2.05) is 0 Å². The van der Waals surface area contributed by atoms with Gasteiger partial charge in [0.1, 0.15) is 5.60 Å². The largest absolute Gasteiger partial charge is 0.444 e. The summed E-state index contributed by atoms with van der Waals surface area (Å²) in [5.41, 5.74) is -0.184. The van der Waals surface area contributed by atoms with Gasteiger partial charge in [0.25, 0.3) is 5.69 Å². The summed E-state index contributed by atoms with van der Waals surface area (Å²) >= 11 is 0. The van der Waals surface area contributed by atoms with E-state index in [1.54, 1.807) is 45.9 Å². The van der Waals surface area contributed by atoms with E-state index in [1.165, 1.54) is 6.07 Å². The van der Waals surface area contributed by atoms with Crippen LogP contribution in [0.1, 0.15) is 39.3 Å². The topological polar surface area (TPSA) is 81.5 Å². The van der Waals surface area contributed by atoms with Crippen LogP contribution in [-0.4, -0.2) is 16.6 Å². The van der Waals surface area contributed by atoms with Crippen LogP contribution in [0.2, 0.25) is 0 Å². The van der Waals surface area contributed by atoms with Gasteiger partial charge in [-0.1, -0.05) is 18.2 Å².